The fourth-order valence-electron chi connectivity index (χ4n) is 2.98. The molecular weight excluding hydrogens is 326 g/mol. The molecule has 0 radical (unpaired) electrons. The molecule has 6 nitrogen and oxygen atoms in total. The molecule has 126 valence electrons. The number of hydrogen-bond donors (Lipinski definition) is 2. The molecule has 1 heterocycles. The molecule has 0 spiro atoms. The molecule has 1 fully saturated rings. The highest BCUT2D eigenvalue weighted by Gasteiger charge is 2.24. The van der Waals surface area contributed by atoms with Crippen molar-refractivity contribution in [3.63, 3.8) is 0 Å². The number of nitrogens with one attached hydrogen (secondary N) is 1. The number of nitrogens with two attached hydrogens (primary N) is 1. The van der Waals surface area contributed by atoms with E-state index in [9.17, 15) is 13.2 Å². The summed E-state index contributed by atoms with van der Waals surface area (Å²) in [5.74, 6) is 0. The molecular formula is C17H19N3O3S. The van der Waals surface area contributed by atoms with Crippen LogP contribution in [0.5, 0.6) is 0 Å². The number of carbonyl (C=O) groups excluding carboxylic acids is 1. The van der Waals surface area contributed by atoms with E-state index in [4.69, 9.17) is 5.14 Å². The van der Waals surface area contributed by atoms with Gasteiger partial charge in [0, 0.05) is 24.3 Å². The first-order chi connectivity index (χ1) is 11.3. The van der Waals surface area contributed by atoms with Gasteiger partial charge in [-0.3, -0.25) is 4.90 Å². The van der Waals surface area contributed by atoms with Crippen LogP contribution in [0.4, 0.5) is 10.5 Å². The van der Waals surface area contributed by atoms with E-state index in [1.54, 1.807) is 17.0 Å². The topological polar surface area (TPSA) is 92.5 Å². The minimum absolute atomic E-state index is 0.0535. The first kappa shape index (κ1) is 16.5. The maximum atomic E-state index is 12.0. The number of carbonyl (C=O) groups is 1. The predicted octanol–water partition coefficient (Wildman–Crippen LogP) is 2.15. The van der Waals surface area contributed by atoms with Gasteiger partial charge < -0.3 is 5.32 Å². The Morgan fingerprint density at radius 3 is 2.42 bits per heavy atom. The summed E-state index contributed by atoms with van der Waals surface area (Å²) < 4.78 is 24.0. The Balaban J connectivity index is 2.22. The second-order valence-corrected chi connectivity index (χ2v) is 7.46. The van der Waals surface area contributed by atoms with Gasteiger partial charge in [0.25, 0.3) is 0 Å². The average molecular weight is 345 g/mol. The van der Waals surface area contributed by atoms with Gasteiger partial charge in [0.15, 0.2) is 0 Å². The molecule has 0 atom stereocenters. The lowest BCUT2D eigenvalue weighted by Gasteiger charge is -2.18. The van der Waals surface area contributed by atoms with Crippen molar-refractivity contribution in [1.82, 2.24) is 5.32 Å². The smallest absolute Gasteiger partial charge is 0.321 e. The van der Waals surface area contributed by atoms with Crippen molar-refractivity contribution >= 4 is 21.7 Å². The van der Waals surface area contributed by atoms with Crippen LogP contribution in [-0.2, 0) is 10.0 Å². The van der Waals surface area contributed by atoms with Crippen LogP contribution >= 0.6 is 0 Å². The minimum Gasteiger partial charge on any atom is -0.336 e. The normalized spacial score (nSPS) is 14.8. The molecule has 3 rings (SSSR count). The summed E-state index contributed by atoms with van der Waals surface area (Å²) >= 11 is 0. The molecule has 2 amide bonds. The average Bonchev–Trinajstić information content (AvgIpc) is 2.92. The number of aryl methyl sites for hydroxylation is 2. The zero-order valence-corrected chi connectivity index (χ0v) is 14.4. The van der Waals surface area contributed by atoms with E-state index in [-0.39, 0.29) is 10.9 Å². The van der Waals surface area contributed by atoms with Crippen LogP contribution in [0, 0.1) is 13.8 Å². The molecule has 24 heavy (non-hydrogen) atoms. The molecule has 0 aliphatic carbocycles. The number of hydrogen-bond acceptors (Lipinski definition) is 3. The standard InChI is InChI=1S/C17H19N3O3S/c1-11-3-5-14(12(2)9-11)15-10-13(20-8-7-19-17(20)21)4-6-16(15)24(18,22)23/h3-6,9-10H,7-8H2,1-2H3,(H,19,21)(H2,18,22,23). The van der Waals surface area contributed by atoms with E-state index >= 15 is 0 Å². The van der Waals surface area contributed by atoms with Crippen LogP contribution in [0.2, 0.25) is 0 Å². The van der Waals surface area contributed by atoms with Gasteiger partial charge in [-0.2, -0.15) is 0 Å². The van der Waals surface area contributed by atoms with Gasteiger partial charge in [0.1, 0.15) is 0 Å². The van der Waals surface area contributed by atoms with E-state index in [0.717, 1.165) is 16.7 Å². The monoisotopic (exact) mass is 345 g/mol. The first-order valence-electron chi connectivity index (χ1n) is 7.57. The van der Waals surface area contributed by atoms with Crippen LogP contribution in [0.25, 0.3) is 11.1 Å². The fraction of sp³-hybridized carbons (Fsp3) is 0.235. The van der Waals surface area contributed by atoms with Gasteiger partial charge in [-0.05, 0) is 43.2 Å². The maximum Gasteiger partial charge on any atom is 0.321 e. The number of rotatable bonds is 3. The predicted molar refractivity (Wildman–Crippen MR) is 93.5 cm³/mol. The van der Waals surface area contributed by atoms with Crippen molar-refractivity contribution in [2.45, 2.75) is 18.7 Å². The molecule has 1 aliphatic rings. The molecule has 3 N–H and O–H groups in total. The highest BCUT2D eigenvalue weighted by molar-refractivity contribution is 7.89. The largest absolute Gasteiger partial charge is 0.336 e. The van der Waals surface area contributed by atoms with Crippen molar-refractivity contribution in [3.05, 3.63) is 47.5 Å². The summed E-state index contributed by atoms with van der Waals surface area (Å²) in [6.45, 7) is 5.00. The Labute approximate surface area is 141 Å². The lowest BCUT2D eigenvalue weighted by molar-refractivity contribution is 0.252. The van der Waals surface area contributed by atoms with E-state index in [2.05, 4.69) is 5.32 Å². The summed E-state index contributed by atoms with van der Waals surface area (Å²) in [5, 5.41) is 8.12. The number of amides is 2. The Kier molecular flexibility index (Phi) is 4.06. The summed E-state index contributed by atoms with van der Waals surface area (Å²) in [7, 11) is -3.88. The van der Waals surface area contributed by atoms with Crippen molar-refractivity contribution < 1.29 is 13.2 Å². The van der Waals surface area contributed by atoms with Crippen molar-refractivity contribution in [2.75, 3.05) is 18.0 Å². The van der Waals surface area contributed by atoms with Crippen LogP contribution in [0.15, 0.2) is 41.3 Å². The summed E-state index contributed by atoms with van der Waals surface area (Å²) in [6, 6.07) is 10.4. The van der Waals surface area contributed by atoms with Gasteiger partial charge in [-0.1, -0.05) is 23.8 Å². The number of anilines is 1. The molecule has 0 aromatic heterocycles. The number of sulfonamides is 1. The van der Waals surface area contributed by atoms with Crippen molar-refractivity contribution in [1.29, 1.82) is 0 Å². The fourth-order valence-corrected chi connectivity index (χ4v) is 3.71. The number of nitrogens with zero attached hydrogens (tertiary/aromatic N) is 1. The summed E-state index contributed by atoms with van der Waals surface area (Å²) in [4.78, 5) is 13.5. The van der Waals surface area contributed by atoms with Gasteiger partial charge in [-0.25, -0.2) is 18.4 Å². The molecule has 1 saturated heterocycles. The Morgan fingerprint density at radius 1 is 1.08 bits per heavy atom. The highest BCUT2D eigenvalue weighted by atomic mass is 32.2. The van der Waals surface area contributed by atoms with Crippen LogP contribution < -0.4 is 15.4 Å². The molecule has 0 bridgehead atoms. The van der Waals surface area contributed by atoms with Gasteiger partial charge >= 0.3 is 6.03 Å². The van der Waals surface area contributed by atoms with Gasteiger partial charge in [-0.15, -0.1) is 0 Å². The Bertz CT molecular complexity index is 923. The minimum atomic E-state index is -3.88. The molecule has 2 aromatic carbocycles. The Hall–Kier alpha value is -2.38. The Morgan fingerprint density at radius 2 is 1.83 bits per heavy atom. The SMILES string of the molecule is Cc1ccc(-c2cc(N3CCNC3=O)ccc2S(N)(=O)=O)c(C)c1. The first-order valence-corrected chi connectivity index (χ1v) is 9.12. The zero-order valence-electron chi connectivity index (χ0n) is 13.5. The molecule has 0 saturated carbocycles. The quantitative estimate of drug-likeness (QED) is 0.893. The summed E-state index contributed by atoms with van der Waals surface area (Å²) in [6.07, 6.45) is 0. The third-order valence-corrected chi connectivity index (χ3v) is 5.08. The third-order valence-electron chi connectivity index (χ3n) is 4.11. The third kappa shape index (κ3) is 3.00. The lowest BCUT2D eigenvalue weighted by atomic mass is 9.98. The second kappa shape index (κ2) is 5.92. The van der Waals surface area contributed by atoms with Crippen LogP contribution in [0.3, 0.4) is 0 Å². The van der Waals surface area contributed by atoms with Crippen molar-refractivity contribution in [2.24, 2.45) is 5.14 Å². The van der Waals surface area contributed by atoms with Crippen molar-refractivity contribution in [3.8, 4) is 11.1 Å². The van der Waals surface area contributed by atoms with E-state index in [1.165, 1.54) is 6.07 Å². The number of primary sulfonamides is 1. The molecule has 2 aromatic rings. The number of benzene rings is 2. The van der Waals surface area contributed by atoms with Gasteiger partial charge in [0.2, 0.25) is 10.0 Å². The summed E-state index contributed by atoms with van der Waals surface area (Å²) in [5.41, 5.74) is 3.97. The van der Waals surface area contributed by atoms with Crippen LogP contribution in [-0.4, -0.2) is 27.5 Å². The van der Waals surface area contributed by atoms with E-state index in [1.807, 2.05) is 32.0 Å². The maximum absolute atomic E-state index is 12.0. The highest BCUT2D eigenvalue weighted by Crippen LogP contribution is 2.33. The molecule has 0 unspecified atom stereocenters. The van der Waals surface area contributed by atoms with E-state index < -0.39 is 10.0 Å². The van der Waals surface area contributed by atoms with Crippen LogP contribution in [0.1, 0.15) is 11.1 Å². The lowest BCUT2D eigenvalue weighted by Crippen LogP contribution is -2.27. The zero-order chi connectivity index (χ0) is 17.5. The number of urea groups is 1. The van der Waals surface area contributed by atoms with E-state index in [0.29, 0.717) is 24.3 Å². The molecule has 1 aliphatic heterocycles. The molecule has 7 heteroatoms. The second-order valence-electron chi connectivity index (χ2n) is 5.93. The van der Waals surface area contributed by atoms with Gasteiger partial charge in [0.05, 0.1) is 4.90 Å².